The molecule has 0 radical (unpaired) electrons. The molecule has 0 saturated heterocycles. The van der Waals surface area contributed by atoms with Crippen molar-refractivity contribution < 1.29 is 38.9 Å². The Kier molecular flexibility index (Phi) is 28.8. The van der Waals surface area contributed by atoms with E-state index in [0.29, 0.717) is 25.7 Å². The second-order valence-electron chi connectivity index (χ2n) is 10.9. The minimum Gasteiger partial charge on any atom is -0.479 e. The average Bonchev–Trinajstić information content (AvgIpc) is 2.93. The van der Waals surface area contributed by atoms with E-state index in [2.05, 4.69) is 0 Å². The summed E-state index contributed by atoms with van der Waals surface area (Å²) in [6.07, 6.45) is 24.4. The highest BCUT2D eigenvalue weighted by molar-refractivity contribution is 5.83. The second kappa shape index (κ2) is 30.2. The molecule has 0 heterocycles. The van der Waals surface area contributed by atoms with Crippen LogP contribution in [0.15, 0.2) is 0 Å². The third-order valence-corrected chi connectivity index (χ3v) is 7.29. The number of carboxylic acid groups (broad SMARTS) is 2. The summed E-state index contributed by atoms with van der Waals surface area (Å²) >= 11 is 0. The molecule has 2 atom stereocenters. The van der Waals surface area contributed by atoms with E-state index in [0.717, 1.165) is 76.8 Å². The van der Waals surface area contributed by atoms with Crippen molar-refractivity contribution in [3.05, 3.63) is 0 Å². The van der Waals surface area contributed by atoms with Gasteiger partial charge >= 0.3 is 11.9 Å². The van der Waals surface area contributed by atoms with Crippen molar-refractivity contribution in [3.8, 4) is 0 Å². The van der Waals surface area contributed by atoms with E-state index >= 15 is 0 Å². The minimum atomic E-state index is -1.50. The molecule has 40 heavy (non-hydrogen) atoms. The van der Waals surface area contributed by atoms with Gasteiger partial charge in [-0.1, -0.05) is 116 Å². The lowest BCUT2D eigenvalue weighted by atomic mass is 10.1. The Morgan fingerprint density at radius 2 is 0.650 bits per heavy atom. The van der Waals surface area contributed by atoms with E-state index < -0.39 is 24.1 Å². The summed E-state index contributed by atoms with van der Waals surface area (Å²) in [5, 5.41) is 19.0. The molecule has 0 aromatic rings. The fraction of sp³-hybridized carbons (Fsp3) is 0.875. The first-order valence-electron chi connectivity index (χ1n) is 16.1. The minimum absolute atomic E-state index is 0.212. The number of carbonyl (C=O) groups is 4. The van der Waals surface area contributed by atoms with Crippen LogP contribution in [0.1, 0.15) is 154 Å². The molecule has 0 aliphatic rings. The predicted molar refractivity (Wildman–Crippen MR) is 158 cm³/mol. The maximum atomic E-state index is 11.7. The van der Waals surface area contributed by atoms with Gasteiger partial charge in [0, 0.05) is 26.1 Å². The van der Waals surface area contributed by atoms with E-state index in [-0.39, 0.29) is 13.2 Å². The number of carboxylic acids is 2. The number of carbonyl (C=O) groups excluding carboxylic acids is 2. The summed E-state index contributed by atoms with van der Waals surface area (Å²) in [5.74, 6) is -2.61. The van der Waals surface area contributed by atoms with Crippen LogP contribution in [0.2, 0.25) is 0 Å². The van der Waals surface area contributed by atoms with Gasteiger partial charge in [-0.2, -0.15) is 0 Å². The Balaban J connectivity index is 3.82. The SMILES string of the molecule is O=CCCCCCCCCCCCCCOC(C(=O)O)C(OCCCCCCCCCCCCCC=O)C(=O)O. The third kappa shape index (κ3) is 25.2. The van der Waals surface area contributed by atoms with Gasteiger partial charge in [-0.25, -0.2) is 9.59 Å². The van der Waals surface area contributed by atoms with Crippen LogP contribution in [0.5, 0.6) is 0 Å². The summed E-state index contributed by atoms with van der Waals surface area (Å²) in [6, 6.07) is 0. The monoisotopic (exact) mass is 570 g/mol. The van der Waals surface area contributed by atoms with Crippen LogP contribution in [0.3, 0.4) is 0 Å². The van der Waals surface area contributed by atoms with Crippen molar-refractivity contribution in [2.24, 2.45) is 0 Å². The number of aliphatic carboxylic acids is 2. The maximum Gasteiger partial charge on any atom is 0.336 e. The predicted octanol–water partition coefficient (Wildman–Crippen LogP) is 7.69. The quantitative estimate of drug-likeness (QED) is 0.0607. The van der Waals surface area contributed by atoms with Crippen molar-refractivity contribution in [2.75, 3.05) is 13.2 Å². The Morgan fingerprint density at radius 1 is 0.425 bits per heavy atom. The van der Waals surface area contributed by atoms with Crippen LogP contribution in [0.25, 0.3) is 0 Å². The van der Waals surface area contributed by atoms with Crippen LogP contribution < -0.4 is 0 Å². The fourth-order valence-electron chi connectivity index (χ4n) is 4.84. The number of rotatable bonds is 33. The lowest BCUT2D eigenvalue weighted by Crippen LogP contribution is -2.44. The van der Waals surface area contributed by atoms with Gasteiger partial charge in [0.15, 0.2) is 12.2 Å². The number of hydrogen-bond donors (Lipinski definition) is 2. The smallest absolute Gasteiger partial charge is 0.336 e. The zero-order chi connectivity index (χ0) is 29.5. The molecule has 0 aliphatic heterocycles. The van der Waals surface area contributed by atoms with Gasteiger partial charge in [0.1, 0.15) is 12.6 Å². The maximum absolute atomic E-state index is 11.7. The Morgan fingerprint density at radius 3 is 0.875 bits per heavy atom. The summed E-state index contributed by atoms with van der Waals surface area (Å²) in [7, 11) is 0. The molecule has 0 rings (SSSR count). The molecule has 8 nitrogen and oxygen atoms in total. The molecule has 2 unspecified atom stereocenters. The molecule has 0 aromatic carbocycles. The largest absolute Gasteiger partial charge is 0.479 e. The first-order valence-corrected chi connectivity index (χ1v) is 16.1. The normalized spacial score (nSPS) is 12.7. The number of aldehydes is 2. The molecule has 0 bridgehead atoms. The van der Waals surface area contributed by atoms with Crippen molar-refractivity contribution in [1.82, 2.24) is 0 Å². The van der Waals surface area contributed by atoms with Gasteiger partial charge < -0.3 is 29.3 Å². The Labute approximate surface area is 243 Å². The summed E-state index contributed by atoms with van der Waals surface area (Å²) in [4.78, 5) is 43.9. The third-order valence-electron chi connectivity index (χ3n) is 7.29. The molecule has 0 fully saturated rings. The van der Waals surface area contributed by atoms with Crippen LogP contribution in [-0.2, 0) is 28.7 Å². The van der Waals surface area contributed by atoms with Crippen molar-refractivity contribution in [1.29, 1.82) is 0 Å². The highest BCUT2D eigenvalue weighted by Crippen LogP contribution is 2.15. The molecule has 2 N–H and O–H groups in total. The molecule has 0 saturated carbocycles. The molecular formula is C32H58O8. The van der Waals surface area contributed by atoms with E-state index in [4.69, 9.17) is 9.47 Å². The highest BCUT2D eigenvalue weighted by atomic mass is 16.6. The van der Waals surface area contributed by atoms with E-state index in [1.807, 2.05) is 0 Å². The van der Waals surface area contributed by atoms with Gasteiger partial charge in [0.2, 0.25) is 0 Å². The zero-order valence-electron chi connectivity index (χ0n) is 25.0. The standard InChI is InChI=1S/C32H58O8/c33-25-21-17-13-9-5-1-3-7-11-15-19-23-27-39-29(31(35)36)30(32(37)38)40-28-24-20-16-12-8-4-2-6-10-14-18-22-26-34/h25-26,29-30H,1-24,27-28H2,(H,35,36)(H,37,38). The molecule has 0 aromatic heterocycles. The topological polar surface area (TPSA) is 127 Å². The van der Waals surface area contributed by atoms with Crippen LogP contribution in [0.4, 0.5) is 0 Å². The summed E-state index contributed by atoms with van der Waals surface area (Å²) in [5.41, 5.74) is 0. The lowest BCUT2D eigenvalue weighted by molar-refractivity contribution is -0.176. The van der Waals surface area contributed by atoms with Crippen molar-refractivity contribution in [2.45, 2.75) is 166 Å². The lowest BCUT2D eigenvalue weighted by Gasteiger charge is -2.21. The molecule has 0 spiro atoms. The van der Waals surface area contributed by atoms with Gasteiger partial charge in [-0.15, -0.1) is 0 Å². The van der Waals surface area contributed by atoms with Crippen LogP contribution >= 0.6 is 0 Å². The van der Waals surface area contributed by atoms with E-state index in [1.54, 1.807) is 0 Å². The molecular weight excluding hydrogens is 512 g/mol. The number of hydrogen-bond acceptors (Lipinski definition) is 6. The van der Waals surface area contributed by atoms with Gasteiger partial charge in [-0.05, 0) is 25.7 Å². The Bertz CT molecular complexity index is 558. The van der Waals surface area contributed by atoms with E-state index in [1.165, 1.54) is 64.2 Å². The van der Waals surface area contributed by atoms with Gasteiger partial charge in [-0.3, -0.25) is 0 Å². The van der Waals surface area contributed by atoms with Gasteiger partial charge in [0.25, 0.3) is 0 Å². The zero-order valence-corrected chi connectivity index (χ0v) is 25.0. The molecule has 8 heteroatoms. The summed E-state index contributed by atoms with van der Waals surface area (Å²) < 4.78 is 10.9. The number of ether oxygens (including phenoxy) is 2. The highest BCUT2D eigenvalue weighted by Gasteiger charge is 2.35. The molecule has 0 amide bonds. The first-order chi connectivity index (χ1) is 19.5. The summed E-state index contributed by atoms with van der Waals surface area (Å²) in [6.45, 7) is 0.424. The molecule has 234 valence electrons. The van der Waals surface area contributed by atoms with Gasteiger partial charge in [0.05, 0.1) is 0 Å². The first kappa shape index (κ1) is 38.2. The second-order valence-corrected chi connectivity index (χ2v) is 10.9. The van der Waals surface area contributed by atoms with Crippen LogP contribution in [-0.4, -0.2) is 60.1 Å². The fourth-order valence-corrected chi connectivity index (χ4v) is 4.84. The van der Waals surface area contributed by atoms with E-state index in [9.17, 15) is 29.4 Å². The molecule has 0 aliphatic carbocycles. The average molecular weight is 571 g/mol. The van der Waals surface area contributed by atoms with Crippen molar-refractivity contribution in [3.63, 3.8) is 0 Å². The Hall–Kier alpha value is -1.80. The number of unbranched alkanes of at least 4 members (excludes halogenated alkanes) is 22. The van der Waals surface area contributed by atoms with Crippen molar-refractivity contribution >= 4 is 24.5 Å². The van der Waals surface area contributed by atoms with Crippen LogP contribution in [0, 0.1) is 0 Å².